The number of hydrazone groups is 1. The van der Waals surface area contributed by atoms with Gasteiger partial charge in [-0.3, -0.25) is 9.98 Å². The van der Waals surface area contributed by atoms with E-state index in [2.05, 4.69) is 21.3 Å². The summed E-state index contributed by atoms with van der Waals surface area (Å²) in [5.74, 6) is 5.94. The van der Waals surface area contributed by atoms with E-state index in [0.29, 0.717) is 66.4 Å². The highest BCUT2D eigenvalue weighted by atomic mass is 19.1. The predicted molar refractivity (Wildman–Crippen MR) is 155 cm³/mol. The van der Waals surface area contributed by atoms with E-state index in [-0.39, 0.29) is 23.4 Å². The van der Waals surface area contributed by atoms with E-state index in [9.17, 15) is 14.4 Å². The second-order valence-electron chi connectivity index (χ2n) is 11.9. The summed E-state index contributed by atoms with van der Waals surface area (Å²) in [7, 11) is 0. The average Bonchev–Trinajstić information content (AvgIpc) is 3.62. The average molecular weight is 575 g/mol. The second-order valence-corrected chi connectivity index (χ2v) is 11.9. The van der Waals surface area contributed by atoms with E-state index in [1.165, 1.54) is 18.5 Å². The number of nitrogens with zero attached hydrogens (tertiary/aromatic N) is 7. The number of amides is 1. The Bertz CT molecular complexity index is 1570. The quantitative estimate of drug-likeness (QED) is 0.251. The van der Waals surface area contributed by atoms with Crippen LogP contribution in [0.2, 0.25) is 0 Å². The number of aromatic nitrogens is 3. The highest BCUT2D eigenvalue weighted by Gasteiger charge is 2.46. The summed E-state index contributed by atoms with van der Waals surface area (Å²) in [4.78, 5) is 23.3. The molecule has 1 aliphatic heterocycles. The number of fused-ring (bicyclic) bond motifs is 1. The largest absolute Gasteiger partial charge is 0.490 e. The number of halogens is 1. The third kappa shape index (κ3) is 6.20. The van der Waals surface area contributed by atoms with Gasteiger partial charge in [0.1, 0.15) is 40.0 Å². The lowest BCUT2D eigenvalue weighted by molar-refractivity contribution is 0.0207. The van der Waals surface area contributed by atoms with Crippen LogP contribution in [0.1, 0.15) is 70.2 Å². The number of aliphatic imine (C=N–C) groups is 1. The fourth-order valence-electron chi connectivity index (χ4n) is 5.15. The molecule has 2 fully saturated rings. The van der Waals surface area contributed by atoms with Crippen LogP contribution >= 0.6 is 0 Å². The Morgan fingerprint density at radius 1 is 1.26 bits per heavy atom. The summed E-state index contributed by atoms with van der Waals surface area (Å²) >= 11 is 0. The van der Waals surface area contributed by atoms with Gasteiger partial charge in [-0.05, 0) is 71.6 Å². The molecule has 220 valence electrons. The van der Waals surface area contributed by atoms with Gasteiger partial charge in [-0.2, -0.15) is 15.5 Å². The number of pyridine rings is 2. The molecule has 0 bridgehead atoms. The molecule has 12 heteroatoms. The van der Waals surface area contributed by atoms with Crippen LogP contribution < -0.4 is 10.6 Å². The molecule has 1 aliphatic carbocycles. The first kappa shape index (κ1) is 29.0. The SMILES string of the molecule is CC(=NC1CCN(C(=O)OC(C)(C)C)CC1)/C(=N\N)c1cc(OCC2(c3ccc(F)cn3)CC2)c2c(C#N)cnn2c1. The van der Waals surface area contributed by atoms with Gasteiger partial charge < -0.3 is 20.2 Å². The zero-order valence-corrected chi connectivity index (χ0v) is 24.3. The number of carbonyl (C=O) groups is 1. The van der Waals surface area contributed by atoms with Crippen molar-refractivity contribution >= 4 is 23.0 Å². The first-order chi connectivity index (χ1) is 20.0. The Morgan fingerprint density at radius 2 is 2.00 bits per heavy atom. The van der Waals surface area contributed by atoms with Gasteiger partial charge in [0, 0.05) is 30.3 Å². The molecule has 0 atom stereocenters. The maximum absolute atomic E-state index is 13.5. The molecule has 0 spiro atoms. The van der Waals surface area contributed by atoms with Crippen LogP contribution in [0.5, 0.6) is 5.75 Å². The molecule has 2 aliphatic rings. The number of ether oxygens (including phenoxy) is 2. The first-order valence-electron chi connectivity index (χ1n) is 14.0. The molecule has 3 aromatic rings. The van der Waals surface area contributed by atoms with Gasteiger partial charge in [0.25, 0.3) is 0 Å². The molecule has 5 rings (SSSR count). The molecule has 0 unspecified atom stereocenters. The zero-order valence-electron chi connectivity index (χ0n) is 24.3. The fourth-order valence-corrected chi connectivity index (χ4v) is 5.15. The van der Waals surface area contributed by atoms with Gasteiger partial charge in [-0.25, -0.2) is 13.7 Å². The summed E-state index contributed by atoms with van der Waals surface area (Å²) in [5.41, 5.74) is 2.55. The van der Waals surface area contributed by atoms with Crippen LogP contribution in [0.15, 0.2) is 46.9 Å². The Kier molecular flexibility index (Phi) is 7.86. The lowest BCUT2D eigenvalue weighted by atomic mass is 10.0. The topological polar surface area (TPSA) is 143 Å². The van der Waals surface area contributed by atoms with Crippen molar-refractivity contribution in [3.63, 3.8) is 0 Å². The third-order valence-electron chi connectivity index (χ3n) is 7.56. The van der Waals surface area contributed by atoms with Gasteiger partial charge in [0.05, 0.1) is 36.4 Å². The van der Waals surface area contributed by atoms with Crippen molar-refractivity contribution in [2.45, 2.75) is 70.4 Å². The number of hydrogen-bond acceptors (Lipinski definition) is 9. The highest BCUT2D eigenvalue weighted by Crippen LogP contribution is 2.47. The zero-order chi connectivity index (χ0) is 30.1. The van der Waals surface area contributed by atoms with Crippen LogP contribution in [0.4, 0.5) is 9.18 Å². The summed E-state index contributed by atoms with van der Waals surface area (Å²) in [6, 6.07) is 7.05. The van der Waals surface area contributed by atoms with Crippen molar-refractivity contribution in [3.05, 3.63) is 59.4 Å². The molecule has 0 aromatic carbocycles. The maximum Gasteiger partial charge on any atom is 0.410 e. The van der Waals surface area contributed by atoms with E-state index in [1.54, 1.807) is 27.7 Å². The predicted octanol–water partition coefficient (Wildman–Crippen LogP) is 4.37. The van der Waals surface area contributed by atoms with E-state index >= 15 is 0 Å². The minimum Gasteiger partial charge on any atom is -0.490 e. The lowest BCUT2D eigenvalue weighted by Crippen LogP contribution is -2.42. The number of rotatable bonds is 7. The Morgan fingerprint density at radius 3 is 2.60 bits per heavy atom. The van der Waals surface area contributed by atoms with Crippen molar-refractivity contribution < 1.29 is 18.7 Å². The smallest absolute Gasteiger partial charge is 0.410 e. The van der Waals surface area contributed by atoms with Gasteiger partial charge in [-0.1, -0.05) is 0 Å². The van der Waals surface area contributed by atoms with Gasteiger partial charge >= 0.3 is 6.09 Å². The van der Waals surface area contributed by atoms with Crippen molar-refractivity contribution in [3.8, 4) is 11.8 Å². The van der Waals surface area contributed by atoms with Crippen LogP contribution in [-0.4, -0.2) is 68.4 Å². The van der Waals surface area contributed by atoms with Crippen LogP contribution in [0.3, 0.4) is 0 Å². The number of hydrogen-bond donors (Lipinski definition) is 1. The minimum absolute atomic E-state index is 0.00674. The standard InChI is InChI=1S/C30H35FN8O3/c1-19(36-23-7-11-38(12-8-23)28(40)42-29(2,3)4)26(37-33)20-13-24(27-21(14-32)15-35-39(27)17-20)41-18-30(9-10-30)25-6-5-22(31)16-34-25/h5-6,13,15-17,23H,7-12,18,33H2,1-4H3/b36-19?,37-26+. The maximum atomic E-state index is 13.5. The normalized spacial score (nSPS) is 17.7. The van der Waals surface area contributed by atoms with Crippen molar-refractivity contribution in [2.75, 3.05) is 19.7 Å². The van der Waals surface area contributed by atoms with E-state index in [0.717, 1.165) is 18.5 Å². The number of likely N-dealkylation sites (tertiary alicyclic amines) is 1. The Hall–Kier alpha value is -4.53. The first-order valence-corrected chi connectivity index (χ1v) is 14.0. The van der Waals surface area contributed by atoms with Crippen molar-refractivity contribution in [1.82, 2.24) is 19.5 Å². The molecular weight excluding hydrogens is 539 g/mol. The van der Waals surface area contributed by atoms with Gasteiger partial charge in [0.2, 0.25) is 0 Å². The molecule has 1 saturated carbocycles. The Labute approximate surface area is 243 Å². The van der Waals surface area contributed by atoms with E-state index in [4.69, 9.17) is 20.3 Å². The lowest BCUT2D eigenvalue weighted by Gasteiger charge is -2.32. The van der Waals surface area contributed by atoms with Crippen molar-refractivity contribution in [1.29, 1.82) is 5.26 Å². The van der Waals surface area contributed by atoms with E-state index < -0.39 is 5.60 Å². The molecule has 2 N–H and O–H groups in total. The summed E-state index contributed by atoms with van der Waals surface area (Å²) in [6.07, 6.45) is 7.22. The molecule has 4 heterocycles. The fraction of sp³-hybridized carbons (Fsp3) is 0.467. The summed E-state index contributed by atoms with van der Waals surface area (Å²) < 4.78 is 26.9. The molecule has 1 saturated heterocycles. The van der Waals surface area contributed by atoms with Gasteiger partial charge in [-0.15, -0.1) is 0 Å². The van der Waals surface area contributed by atoms with E-state index in [1.807, 2.05) is 27.7 Å². The number of carbonyl (C=O) groups excluding carboxylic acids is 1. The highest BCUT2D eigenvalue weighted by molar-refractivity contribution is 6.47. The van der Waals surface area contributed by atoms with Gasteiger partial charge in [0.15, 0.2) is 0 Å². The molecule has 0 radical (unpaired) electrons. The summed E-state index contributed by atoms with van der Waals surface area (Å²) in [6.45, 7) is 8.80. The van der Waals surface area contributed by atoms with Crippen LogP contribution in [0, 0.1) is 17.1 Å². The minimum atomic E-state index is -0.543. The monoisotopic (exact) mass is 574 g/mol. The molecule has 11 nitrogen and oxygen atoms in total. The second kappa shape index (κ2) is 11.4. The molecule has 3 aromatic heterocycles. The van der Waals surface area contributed by atoms with Crippen LogP contribution in [-0.2, 0) is 10.2 Å². The molecule has 1 amide bonds. The van der Waals surface area contributed by atoms with Crippen LogP contribution in [0.25, 0.3) is 5.52 Å². The van der Waals surface area contributed by atoms with Crippen molar-refractivity contribution in [2.24, 2.45) is 15.9 Å². The number of nitrogens with two attached hydrogens (primary N) is 1. The Balaban J connectivity index is 1.35. The molecule has 42 heavy (non-hydrogen) atoms. The number of piperidine rings is 1. The summed E-state index contributed by atoms with van der Waals surface area (Å²) in [5, 5.41) is 18.1. The molecular formula is C30H35FN8O3. The third-order valence-corrected chi connectivity index (χ3v) is 7.56. The number of nitriles is 1.